The highest BCUT2D eigenvalue weighted by Crippen LogP contribution is 2.27. The van der Waals surface area contributed by atoms with Gasteiger partial charge < -0.3 is 5.73 Å². The van der Waals surface area contributed by atoms with Crippen molar-refractivity contribution in [3.8, 4) is 0 Å². The summed E-state index contributed by atoms with van der Waals surface area (Å²) < 4.78 is 0. The van der Waals surface area contributed by atoms with Crippen LogP contribution in [0.3, 0.4) is 0 Å². The standard InChI is InChI=1S/C12H19N3/c1-8(2)11(13)12-9-5-3-4-6-10(9)14-7-15-12/h7-8,11H,3-6,13H2,1-2H3. The van der Waals surface area contributed by atoms with Crippen LogP contribution in [0.1, 0.15) is 49.7 Å². The van der Waals surface area contributed by atoms with Crippen molar-refractivity contribution >= 4 is 0 Å². The van der Waals surface area contributed by atoms with Crippen LogP contribution in [-0.2, 0) is 12.8 Å². The number of fused-ring (bicyclic) bond motifs is 1. The Morgan fingerprint density at radius 1 is 1.20 bits per heavy atom. The Morgan fingerprint density at radius 2 is 1.93 bits per heavy atom. The molecule has 1 atom stereocenters. The number of nitrogens with zero attached hydrogens (tertiary/aromatic N) is 2. The van der Waals surface area contributed by atoms with E-state index in [2.05, 4.69) is 23.8 Å². The van der Waals surface area contributed by atoms with Crippen LogP contribution in [0.25, 0.3) is 0 Å². The summed E-state index contributed by atoms with van der Waals surface area (Å²) in [6, 6.07) is 0.0554. The molecule has 3 heteroatoms. The summed E-state index contributed by atoms with van der Waals surface area (Å²) in [6.07, 6.45) is 6.36. The van der Waals surface area contributed by atoms with Gasteiger partial charge in [-0.15, -0.1) is 0 Å². The van der Waals surface area contributed by atoms with Gasteiger partial charge in [0.05, 0.1) is 5.69 Å². The largest absolute Gasteiger partial charge is 0.322 e. The van der Waals surface area contributed by atoms with Gasteiger partial charge in [0, 0.05) is 11.7 Å². The molecule has 82 valence electrons. The van der Waals surface area contributed by atoms with Crippen molar-refractivity contribution in [2.24, 2.45) is 11.7 Å². The van der Waals surface area contributed by atoms with Crippen molar-refractivity contribution in [3.63, 3.8) is 0 Å². The van der Waals surface area contributed by atoms with E-state index in [4.69, 9.17) is 5.73 Å². The summed E-state index contributed by atoms with van der Waals surface area (Å²) in [5.41, 5.74) is 9.80. The van der Waals surface area contributed by atoms with Gasteiger partial charge in [-0.3, -0.25) is 0 Å². The summed E-state index contributed by atoms with van der Waals surface area (Å²) in [5.74, 6) is 0.436. The van der Waals surface area contributed by atoms with Crippen LogP contribution in [0.15, 0.2) is 6.33 Å². The molecule has 0 bridgehead atoms. The van der Waals surface area contributed by atoms with Gasteiger partial charge in [-0.25, -0.2) is 9.97 Å². The summed E-state index contributed by atoms with van der Waals surface area (Å²) >= 11 is 0. The molecule has 0 amide bonds. The van der Waals surface area contributed by atoms with Gasteiger partial charge in [0.1, 0.15) is 6.33 Å². The topological polar surface area (TPSA) is 51.8 Å². The number of rotatable bonds is 2. The molecular formula is C12H19N3. The third-order valence-corrected chi connectivity index (χ3v) is 3.19. The Kier molecular flexibility index (Phi) is 3.00. The Hall–Kier alpha value is -0.960. The molecule has 2 N–H and O–H groups in total. The third-order valence-electron chi connectivity index (χ3n) is 3.19. The van der Waals surface area contributed by atoms with Crippen LogP contribution >= 0.6 is 0 Å². The quantitative estimate of drug-likeness (QED) is 0.803. The van der Waals surface area contributed by atoms with E-state index in [0.717, 1.165) is 18.5 Å². The molecule has 0 aliphatic heterocycles. The van der Waals surface area contributed by atoms with E-state index in [-0.39, 0.29) is 6.04 Å². The fraction of sp³-hybridized carbons (Fsp3) is 0.667. The second-order valence-electron chi connectivity index (χ2n) is 4.66. The van der Waals surface area contributed by atoms with Crippen LogP contribution < -0.4 is 5.73 Å². The molecule has 0 radical (unpaired) electrons. The minimum Gasteiger partial charge on any atom is -0.322 e. The monoisotopic (exact) mass is 205 g/mol. The molecule has 0 spiro atoms. The molecule has 1 aliphatic carbocycles. The maximum absolute atomic E-state index is 6.17. The zero-order valence-corrected chi connectivity index (χ0v) is 9.53. The van der Waals surface area contributed by atoms with Gasteiger partial charge in [-0.2, -0.15) is 0 Å². The fourth-order valence-electron chi connectivity index (χ4n) is 2.15. The molecule has 1 aromatic heterocycles. The molecule has 1 unspecified atom stereocenters. The zero-order chi connectivity index (χ0) is 10.8. The first-order valence-corrected chi connectivity index (χ1v) is 5.78. The lowest BCUT2D eigenvalue weighted by atomic mass is 9.90. The predicted molar refractivity (Wildman–Crippen MR) is 60.4 cm³/mol. The van der Waals surface area contributed by atoms with Gasteiger partial charge in [-0.1, -0.05) is 13.8 Å². The average molecular weight is 205 g/mol. The van der Waals surface area contributed by atoms with Crippen LogP contribution in [0.2, 0.25) is 0 Å². The highest BCUT2D eigenvalue weighted by Gasteiger charge is 2.21. The molecule has 1 heterocycles. The molecule has 1 aromatic rings. The molecule has 15 heavy (non-hydrogen) atoms. The third kappa shape index (κ3) is 2.02. The SMILES string of the molecule is CC(C)C(N)c1ncnc2c1CCCC2. The van der Waals surface area contributed by atoms with E-state index in [9.17, 15) is 0 Å². The van der Waals surface area contributed by atoms with E-state index in [1.54, 1.807) is 6.33 Å². The Labute approximate surface area is 91.1 Å². The van der Waals surface area contributed by atoms with Gasteiger partial charge in [0.25, 0.3) is 0 Å². The summed E-state index contributed by atoms with van der Waals surface area (Å²) in [4.78, 5) is 8.73. The minimum absolute atomic E-state index is 0.0554. The molecule has 2 rings (SSSR count). The van der Waals surface area contributed by atoms with Crippen molar-refractivity contribution in [2.75, 3.05) is 0 Å². The van der Waals surface area contributed by atoms with Crippen LogP contribution in [0, 0.1) is 5.92 Å². The Balaban J connectivity index is 2.39. The maximum Gasteiger partial charge on any atom is 0.116 e. The van der Waals surface area contributed by atoms with Crippen molar-refractivity contribution in [3.05, 3.63) is 23.3 Å². The van der Waals surface area contributed by atoms with Crippen LogP contribution in [-0.4, -0.2) is 9.97 Å². The molecule has 0 aromatic carbocycles. The van der Waals surface area contributed by atoms with E-state index in [1.165, 1.54) is 24.1 Å². The van der Waals surface area contributed by atoms with E-state index in [1.807, 2.05) is 0 Å². The van der Waals surface area contributed by atoms with Crippen molar-refractivity contribution in [1.82, 2.24) is 9.97 Å². The average Bonchev–Trinajstić information content (AvgIpc) is 2.27. The van der Waals surface area contributed by atoms with Gasteiger partial charge in [0.15, 0.2) is 0 Å². The van der Waals surface area contributed by atoms with Gasteiger partial charge in [-0.05, 0) is 37.2 Å². The summed E-state index contributed by atoms with van der Waals surface area (Å²) in [5, 5.41) is 0. The lowest BCUT2D eigenvalue weighted by Gasteiger charge is -2.22. The van der Waals surface area contributed by atoms with Crippen molar-refractivity contribution in [2.45, 2.75) is 45.6 Å². The first-order chi connectivity index (χ1) is 7.20. The molecule has 0 saturated heterocycles. The second kappa shape index (κ2) is 4.27. The molecule has 1 aliphatic rings. The van der Waals surface area contributed by atoms with Crippen molar-refractivity contribution < 1.29 is 0 Å². The smallest absolute Gasteiger partial charge is 0.116 e. The lowest BCUT2D eigenvalue weighted by Crippen LogP contribution is -2.22. The van der Waals surface area contributed by atoms with Crippen LogP contribution in [0.5, 0.6) is 0 Å². The molecular weight excluding hydrogens is 186 g/mol. The molecule has 0 saturated carbocycles. The predicted octanol–water partition coefficient (Wildman–Crippen LogP) is 2.01. The van der Waals surface area contributed by atoms with Gasteiger partial charge >= 0.3 is 0 Å². The minimum atomic E-state index is 0.0554. The summed E-state index contributed by atoms with van der Waals surface area (Å²) in [6.45, 7) is 4.28. The number of hydrogen-bond donors (Lipinski definition) is 1. The maximum atomic E-state index is 6.17. The second-order valence-corrected chi connectivity index (χ2v) is 4.66. The first-order valence-electron chi connectivity index (χ1n) is 5.78. The number of hydrogen-bond acceptors (Lipinski definition) is 3. The summed E-state index contributed by atoms with van der Waals surface area (Å²) in [7, 11) is 0. The van der Waals surface area contributed by atoms with E-state index >= 15 is 0 Å². The van der Waals surface area contributed by atoms with E-state index < -0.39 is 0 Å². The Morgan fingerprint density at radius 3 is 2.67 bits per heavy atom. The van der Waals surface area contributed by atoms with E-state index in [0.29, 0.717) is 5.92 Å². The normalized spacial score (nSPS) is 17.6. The molecule has 0 fully saturated rings. The molecule has 3 nitrogen and oxygen atoms in total. The van der Waals surface area contributed by atoms with Gasteiger partial charge in [0.2, 0.25) is 0 Å². The highest BCUT2D eigenvalue weighted by atomic mass is 14.9. The first kappa shape index (κ1) is 10.6. The number of aromatic nitrogens is 2. The zero-order valence-electron chi connectivity index (χ0n) is 9.53. The van der Waals surface area contributed by atoms with Crippen LogP contribution in [0.4, 0.5) is 0 Å². The highest BCUT2D eigenvalue weighted by molar-refractivity contribution is 5.29. The fourth-order valence-corrected chi connectivity index (χ4v) is 2.15. The Bertz CT molecular complexity index is 347. The number of nitrogens with two attached hydrogens (primary N) is 1. The lowest BCUT2D eigenvalue weighted by molar-refractivity contribution is 0.491. The number of aryl methyl sites for hydroxylation is 1. The van der Waals surface area contributed by atoms with Crippen molar-refractivity contribution in [1.29, 1.82) is 0 Å².